The van der Waals surface area contributed by atoms with Crippen LogP contribution in [-0.2, 0) is 17.1 Å². The van der Waals surface area contributed by atoms with Gasteiger partial charge in [0.2, 0.25) is 0 Å². The van der Waals surface area contributed by atoms with Gasteiger partial charge in [0, 0.05) is 12.1 Å². The van der Waals surface area contributed by atoms with Crippen molar-refractivity contribution >= 4 is 33.3 Å². The molecular formula is C11H9ClFN3O4S. The van der Waals surface area contributed by atoms with Crippen LogP contribution in [0.5, 0.6) is 0 Å². The second-order valence-electron chi connectivity index (χ2n) is 4.05. The van der Waals surface area contributed by atoms with Gasteiger partial charge in [0.05, 0.1) is 11.1 Å². The number of anilines is 1. The molecule has 0 amide bonds. The van der Waals surface area contributed by atoms with Gasteiger partial charge in [-0.25, -0.2) is 17.6 Å². The van der Waals surface area contributed by atoms with Crippen molar-refractivity contribution < 1.29 is 22.7 Å². The van der Waals surface area contributed by atoms with Crippen molar-refractivity contribution in [3.05, 3.63) is 40.9 Å². The van der Waals surface area contributed by atoms with Gasteiger partial charge in [0.1, 0.15) is 11.5 Å². The Morgan fingerprint density at radius 3 is 2.67 bits per heavy atom. The lowest BCUT2D eigenvalue weighted by Gasteiger charge is -2.08. The van der Waals surface area contributed by atoms with Crippen molar-refractivity contribution in [2.75, 3.05) is 4.72 Å². The van der Waals surface area contributed by atoms with Gasteiger partial charge >= 0.3 is 5.97 Å². The van der Waals surface area contributed by atoms with E-state index in [1.54, 1.807) is 0 Å². The highest BCUT2D eigenvalue weighted by atomic mass is 35.5. The highest BCUT2D eigenvalue weighted by Gasteiger charge is 2.22. The van der Waals surface area contributed by atoms with Crippen LogP contribution in [0.3, 0.4) is 0 Å². The topological polar surface area (TPSA) is 101 Å². The van der Waals surface area contributed by atoms with Crippen LogP contribution in [0, 0.1) is 5.82 Å². The number of aryl methyl sites for hydroxylation is 1. The Labute approximate surface area is 124 Å². The lowest BCUT2D eigenvalue weighted by atomic mass is 10.3. The van der Waals surface area contributed by atoms with Crippen LogP contribution in [0.25, 0.3) is 0 Å². The van der Waals surface area contributed by atoms with Gasteiger partial charge in [0.25, 0.3) is 10.0 Å². The second kappa shape index (κ2) is 5.34. The third-order valence-electron chi connectivity index (χ3n) is 2.53. The average molecular weight is 334 g/mol. The maximum Gasteiger partial charge on any atom is 0.356 e. The third kappa shape index (κ3) is 3.14. The van der Waals surface area contributed by atoms with Crippen LogP contribution in [0.15, 0.2) is 29.3 Å². The number of carboxylic acids is 1. The number of hydrogen-bond donors (Lipinski definition) is 2. The molecule has 2 N–H and O–H groups in total. The Balaban J connectivity index is 2.45. The lowest BCUT2D eigenvalue weighted by molar-refractivity contribution is 0.0686. The maximum absolute atomic E-state index is 13.2. The molecule has 0 saturated heterocycles. The molecule has 0 aliphatic carbocycles. The number of rotatable bonds is 4. The van der Waals surface area contributed by atoms with Gasteiger partial charge in [-0.3, -0.25) is 9.40 Å². The minimum absolute atomic E-state index is 0.0972. The first-order chi connectivity index (χ1) is 9.70. The van der Waals surface area contributed by atoms with Gasteiger partial charge in [0.15, 0.2) is 5.69 Å². The molecule has 112 valence electrons. The van der Waals surface area contributed by atoms with E-state index in [1.165, 1.54) is 7.05 Å². The largest absolute Gasteiger partial charge is 0.476 e. The fourth-order valence-electron chi connectivity index (χ4n) is 1.65. The third-order valence-corrected chi connectivity index (χ3v) is 4.10. The summed E-state index contributed by atoms with van der Waals surface area (Å²) in [7, 11) is -2.84. The van der Waals surface area contributed by atoms with E-state index in [0.29, 0.717) is 0 Å². The van der Waals surface area contributed by atoms with Gasteiger partial charge in [-0.05, 0) is 18.2 Å². The molecule has 0 spiro atoms. The summed E-state index contributed by atoms with van der Waals surface area (Å²) in [6.45, 7) is 0. The van der Waals surface area contributed by atoms with Crippen LogP contribution in [0.1, 0.15) is 10.5 Å². The summed E-state index contributed by atoms with van der Waals surface area (Å²) in [6, 6.07) is 2.77. The molecule has 21 heavy (non-hydrogen) atoms. The maximum atomic E-state index is 13.2. The van der Waals surface area contributed by atoms with E-state index in [0.717, 1.165) is 29.1 Å². The normalized spacial score (nSPS) is 11.4. The molecule has 0 atom stereocenters. The predicted octanol–water partition coefficient (Wildman–Crippen LogP) is 1.71. The smallest absolute Gasteiger partial charge is 0.356 e. The van der Waals surface area contributed by atoms with Crippen molar-refractivity contribution in [1.82, 2.24) is 9.78 Å². The number of nitrogens with zero attached hydrogens (tertiary/aromatic N) is 2. The fourth-order valence-corrected chi connectivity index (χ4v) is 3.05. The summed E-state index contributed by atoms with van der Waals surface area (Å²) in [5.74, 6) is -2.18. The predicted molar refractivity (Wildman–Crippen MR) is 72.4 cm³/mol. The molecule has 2 rings (SSSR count). The van der Waals surface area contributed by atoms with E-state index < -0.39 is 26.7 Å². The number of aromatic carboxylic acids is 1. The number of sulfonamides is 1. The van der Waals surface area contributed by atoms with Crippen molar-refractivity contribution in [2.24, 2.45) is 7.05 Å². The van der Waals surface area contributed by atoms with E-state index in [9.17, 15) is 17.6 Å². The van der Waals surface area contributed by atoms with E-state index >= 15 is 0 Å². The molecular weight excluding hydrogens is 325 g/mol. The number of aromatic nitrogens is 2. The summed E-state index contributed by atoms with van der Waals surface area (Å²) in [6.07, 6.45) is 1.04. The molecule has 7 nitrogen and oxygen atoms in total. The standard InChI is InChI=1S/C11H9ClFN3O4S/c1-16-10(11(17)18)9(5-14-16)15-21(19,20)8-3-6(12)2-7(13)4-8/h2-5,15H,1H3,(H,17,18). The zero-order valence-electron chi connectivity index (χ0n) is 10.5. The molecule has 0 fully saturated rings. The van der Waals surface area contributed by atoms with Crippen LogP contribution < -0.4 is 4.72 Å². The zero-order valence-corrected chi connectivity index (χ0v) is 12.1. The van der Waals surface area contributed by atoms with E-state index in [2.05, 4.69) is 5.10 Å². The van der Waals surface area contributed by atoms with E-state index in [4.69, 9.17) is 16.7 Å². The van der Waals surface area contributed by atoms with Crippen molar-refractivity contribution in [3.8, 4) is 0 Å². The molecule has 0 bridgehead atoms. The van der Waals surface area contributed by atoms with Crippen molar-refractivity contribution in [2.45, 2.75) is 4.90 Å². The Morgan fingerprint density at radius 2 is 2.10 bits per heavy atom. The summed E-state index contributed by atoms with van der Waals surface area (Å²) < 4.78 is 40.5. The molecule has 0 unspecified atom stereocenters. The highest BCUT2D eigenvalue weighted by molar-refractivity contribution is 7.92. The first kappa shape index (κ1) is 15.3. The first-order valence-corrected chi connectivity index (χ1v) is 7.31. The monoisotopic (exact) mass is 333 g/mol. The van der Waals surface area contributed by atoms with Crippen LogP contribution in [0.2, 0.25) is 5.02 Å². The Kier molecular flexibility index (Phi) is 3.88. The minimum atomic E-state index is -4.19. The molecule has 0 aliphatic rings. The number of benzene rings is 1. The molecule has 0 aliphatic heterocycles. The summed E-state index contributed by atoms with van der Waals surface area (Å²) >= 11 is 5.60. The first-order valence-electron chi connectivity index (χ1n) is 5.45. The number of nitrogens with one attached hydrogen (secondary N) is 1. The molecule has 1 aromatic carbocycles. The quantitative estimate of drug-likeness (QED) is 0.887. The van der Waals surface area contributed by atoms with E-state index in [-0.39, 0.29) is 16.4 Å². The Bertz CT molecular complexity index is 799. The minimum Gasteiger partial charge on any atom is -0.476 e. The van der Waals surface area contributed by atoms with Crippen molar-refractivity contribution in [3.63, 3.8) is 0 Å². The van der Waals surface area contributed by atoms with Crippen LogP contribution in [-0.4, -0.2) is 29.3 Å². The average Bonchev–Trinajstić information content (AvgIpc) is 2.68. The second-order valence-corrected chi connectivity index (χ2v) is 6.17. The summed E-state index contributed by atoms with van der Waals surface area (Å²) in [4.78, 5) is 10.6. The number of hydrogen-bond acceptors (Lipinski definition) is 4. The molecule has 0 radical (unpaired) electrons. The number of carbonyl (C=O) groups is 1. The van der Waals surface area contributed by atoms with Crippen LogP contribution >= 0.6 is 11.6 Å². The van der Waals surface area contributed by atoms with Crippen LogP contribution in [0.4, 0.5) is 10.1 Å². The fraction of sp³-hybridized carbons (Fsp3) is 0.0909. The van der Waals surface area contributed by atoms with E-state index in [1.807, 2.05) is 4.72 Å². The molecule has 10 heteroatoms. The van der Waals surface area contributed by atoms with Gasteiger partial charge in [-0.2, -0.15) is 5.10 Å². The molecule has 2 aromatic rings. The van der Waals surface area contributed by atoms with Gasteiger partial charge in [-0.15, -0.1) is 0 Å². The van der Waals surface area contributed by atoms with Gasteiger partial charge in [-0.1, -0.05) is 11.6 Å². The summed E-state index contributed by atoms with van der Waals surface area (Å²) in [5.41, 5.74) is -0.577. The summed E-state index contributed by atoms with van der Waals surface area (Å²) in [5, 5.41) is 12.6. The number of carboxylic acid groups (broad SMARTS) is 1. The van der Waals surface area contributed by atoms with Gasteiger partial charge < -0.3 is 5.11 Å². The highest BCUT2D eigenvalue weighted by Crippen LogP contribution is 2.22. The molecule has 1 aromatic heterocycles. The van der Waals surface area contributed by atoms with Crippen molar-refractivity contribution in [1.29, 1.82) is 0 Å². The number of halogens is 2. The Hall–Kier alpha value is -2.13. The zero-order chi connectivity index (χ0) is 15.8. The lowest BCUT2D eigenvalue weighted by Crippen LogP contribution is -2.16. The molecule has 1 heterocycles. The SMILES string of the molecule is Cn1ncc(NS(=O)(=O)c2cc(F)cc(Cl)c2)c1C(=O)O. The Morgan fingerprint density at radius 1 is 1.43 bits per heavy atom. The molecule has 0 saturated carbocycles.